The molecular formula is C35H36N4O5. The van der Waals surface area contributed by atoms with E-state index in [4.69, 9.17) is 19.7 Å². The van der Waals surface area contributed by atoms with Gasteiger partial charge in [0.15, 0.2) is 0 Å². The molecule has 0 unspecified atom stereocenters. The fourth-order valence-electron chi connectivity index (χ4n) is 6.87. The van der Waals surface area contributed by atoms with E-state index in [1.807, 2.05) is 39.0 Å². The second-order valence-corrected chi connectivity index (χ2v) is 11.8. The maximum Gasteiger partial charge on any atom is 0.328 e. The minimum absolute atomic E-state index is 0.000833. The van der Waals surface area contributed by atoms with Gasteiger partial charge >= 0.3 is 11.9 Å². The third kappa shape index (κ3) is 4.76. The van der Waals surface area contributed by atoms with Crippen LogP contribution in [0.25, 0.3) is 0 Å². The first kappa shape index (κ1) is 29.3. The first-order chi connectivity index (χ1) is 21.0. The number of aliphatic carboxylic acids is 1. The molecule has 1 saturated heterocycles. The molecule has 5 aliphatic heterocycles. The molecule has 226 valence electrons. The third-order valence-corrected chi connectivity index (χ3v) is 9.38. The molecule has 0 spiro atoms. The number of allylic oxidation sites excluding steroid dienone is 12. The van der Waals surface area contributed by atoms with Crippen LogP contribution in [0.1, 0.15) is 60.3 Å². The van der Waals surface area contributed by atoms with Crippen molar-refractivity contribution in [3.05, 3.63) is 104 Å². The smallest absolute Gasteiger partial charge is 0.328 e. The number of ether oxygens (including phenoxy) is 1. The Labute approximate surface area is 256 Å². The Hall–Kier alpha value is -4.79. The highest BCUT2D eigenvalue weighted by molar-refractivity contribution is 6.21. The SMILES string of the molecule is CCC1=C(C)C2=NC1=CC1=C(C)C3=C(O)CC(=C4NC(=CC5=NC(=C2)C(/C=C/C(=O)O)=C5C)[C@@H](C)[C@@H]4CCC(=O)OC)C3=N1. The zero-order valence-corrected chi connectivity index (χ0v) is 25.8. The number of nitrogens with one attached hydrogen (secondary N) is 1. The lowest BCUT2D eigenvalue weighted by atomic mass is 9.86. The summed E-state index contributed by atoms with van der Waals surface area (Å²) < 4.78 is 4.96. The monoisotopic (exact) mass is 592 g/mol. The zero-order valence-electron chi connectivity index (χ0n) is 25.8. The molecule has 9 nitrogen and oxygen atoms in total. The van der Waals surface area contributed by atoms with Crippen molar-refractivity contribution in [2.45, 2.75) is 60.3 Å². The van der Waals surface area contributed by atoms with Gasteiger partial charge in [-0.25, -0.2) is 19.8 Å². The minimum atomic E-state index is -1.04. The van der Waals surface area contributed by atoms with Crippen molar-refractivity contribution in [3.8, 4) is 0 Å². The number of aliphatic hydroxyl groups excluding tert-OH is 1. The van der Waals surface area contributed by atoms with Gasteiger partial charge in [-0.1, -0.05) is 13.8 Å². The maximum atomic E-state index is 12.2. The lowest BCUT2D eigenvalue weighted by Crippen LogP contribution is -2.16. The van der Waals surface area contributed by atoms with Gasteiger partial charge in [0.2, 0.25) is 0 Å². The van der Waals surface area contributed by atoms with Crippen LogP contribution < -0.4 is 5.32 Å². The van der Waals surface area contributed by atoms with E-state index in [-0.39, 0.29) is 30.0 Å². The van der Waals surface area contributed by atoms with E-state index in [9.17, 15) is 19.8 Å². The van der Waals surface area contributed by atoms with Gasteiger partial charge in [-0.3, -0.25) is 4.79 Å². The molecule has 0 amide bonds. The number of methoxy groups -OCH3 is 1. The molecule has 0 aromatic rings. The molecule has 3 N–H and O–H groups in total. The number of nitrogens with zero attached hydrogens (tertiary/aromatic N) is 3. The molecular weight excluding hydrogens is 556 g/mol. The van der Waals surface area contributed by atoms with Crippen molar-refractivity contribution in [3.63, 3.8) is 0 Å². The summed E-state index contributed by atoms with van der Waals surface area (Å²) >= 11 is 0. The van der Waals surface area contributed by atoms with Gasteiger partial charge in [-0.2, -0.15) is 0 Å². The summed E-state index contributed by atoms with van der Waals surface area (Å²) in [5.74, 6) is -1.07. The Kier molecular flexibility index (Phi) is 7.35. The number of fused-ring (bicyclic) bond motifs is 5. The van der Waals surface area contributed by atoms with Crippen LogP contribution in [0.4, 0.5) is 0 Å². The Morgan fingerprint density at radius 2 is 1.77 bits per heavy atom. The third-order valence-electron chi connectivity index (χ3n) is 9.38. The first-order valence-corrected chi connectivity index (χ1v) is 15.0. The number of aliphatic imine (C=N–C) groups is 3. The fraction of sp³-hybridized carbons (Fsp3) is 0.343. The number of hydrogen-bond acceptors (Lipinski definition) is 8. The van der Waals surface area contributed by atoms with Crippen molar-refractivity contribution in [1.82, 2.24) is 5.32 Å². The molecule has 6 rings (SSSR count). The van der Waals surface area contributed by atoms with Gasteiger partial charge in [0.25, 0.3) is 0 Å². The quantitative estimate of drug-likeness (QED) is 0.247. The molecule has 0 saturated carbocycles. The molecule has 0 radical (unpaired) electrons. The molecule has 0 aromatic carbocycles. The number of carbonyl (C=O) groups excluding carboxylic acids is 1. The van der Waals surface area contributed by atoms with Crippen molar-refractivity contribution < 1.29 is 24.5 Å². The molecule has 6 aliphatic rings. The average molecular weight is 593 g/mol. The number of carboxylic acids is 1. The molecule has 9 heteroatoms. The van der Waals surface area contributed by atoms with Crippen LogP contribution in [0.2, 0.25) is 0 Å². The van der Waals surface area contributed by atoms with Crippen LogP contribution in [0.3, 0.4) is 0 Å². The summed E-state index contributed by atoms with van der Waals surface area (Å²) in [7, 11) is 1.39. The van der Waals surface area contributed by atoms with Crippen molar-refractivity contribution in [1.29, 1.82) is 0 Å². The van der Waals surface area contributed by atoms with Crippen molar-refractivity contribution >= 4 is 29.1 Å². The number of esters is 1. The van der Waals surface area contributed by atoms with Crippen molar-refractivity contribution in [2.75, 3.05) is 7.11 Å². The van der Waals surface area contributed by atoms with Crippen LogP contribution in [0, 0.1) is 11.8 Å². The second kappa shape index (κ2) is 11.0. The molecule has 5 heterocycles. The highest BCUT2D eigenvalue weighted by atomic mass is 16.5. The topological polar surface area (TPSA) is 133 Å². The highest BCUT2D eigenvalue weighted by Gasteiger charge is 2.41. The summed E-state index contributed by atoms with van der Waals surface area (Å²) in [4.78, 5) is 38.7. The van der Waals surface area contributed by atoms with E-state index in [1.165, 1.54) is 7.11 Å². The normalized spacial score (nSPS) is 24.2. The molecule has 44 heavy (non-hydrogen) atoms. The summed E-state index contributed by atoms with van der Waals surface area (Å²) in [6.45, 7) is 10.2. The number of aliphatic hydroxyl groups is 1. The fourth-order valence-corrected chi connectivity index (χ4v) is 6.87. The Bertz CT molecular complexity index is 1810. The molecule has 1 aliphatic carbocycles. The Morgan fingerprint density at radius 3 is 2.48 bits per heavy atom. The number of hydrogen-bond donors (Lipinski definition) is 3. The summed E-state index contributed by atoms with van der Waals surface area (Å²) in [6.07, 6.45) is 10.6. The minimum Gasteiger partial charge on any atom is -0.511 e. The maximum absolute atomic E-state index is 12.2. The van der Waals surface area contributed by atoms with E-state index < -0.39 is 5.97 Å². The summed E-state index contributed by atoms with van der Waals surface area (Å²) in [5.41, 5.74) is 12.6. The molecule has 0 aromatic heterocycles. The van der Waals surface area contributed by atoms with Crippen LogP contribution in [-0.4, -0.2) is 46.4 Å². The predicted octanol–water partition coefficient (Wildman–Crippen LogP) is 6.25. The summed E-state index contributed by atoms with van der Waals surface area (Å²) in [6, 6.07) is 0. The van der Waals surface area contributed by atoms with E-state index in [1.54, 1.807) is 6.08 Å². The van der Waals surface area contributed by atoms with E-state index >= 15 is 0 Å². The lowest BCUT2D eigenvalue weighted by Gasteiger charge is -2.17. The number of carboxylic acid groups (broad SMARTS) is 1. The van der Waals surface area contributed by atoms with Gasteiger partial charge in [-0.05, 0) is 80.2 Å². The van der Waals surface area contributed by atoms with Gasteiger partial charge in [0.05, 0.1) is 41.3 Å². The Balaban J connectivity index is 1.60. The van der Waals surface area contributed by atoms with Crippen LogP contribution >= 0.6 is 0 Å². The standard InChI is InChI=1S/C35H36N4O5/c1-7-20-16(2)25-14-29-21(8-10-31(41)42)17(3)24(37-29)13-26-18(4)22(9-11-32(43)44-6)34(38-26)23-12-30(40)33-19(5)27(39-35(23)33)15-28(20)36-25/h8,10,13-15,18,22,38,40H,7,9,11-12H2,1-6H3,(H,41,42)/b10-8+,26-13?,28-15?,29-14?,34-23?/t18-,22-/m0/s1. The van der Waals surface area contributed by atoms with E-state index in [0.717, 1.165) is 91.4 Å². The molecule has 8 bridgehead atoms. The summed E-state index contributed by atoms with van der Waals surface area (Å²) in [5, 5.41) is 24.3. The van der Waals surface area contributed by atoms with Crippen molar-refractivity contribution in [2.24, 2.45) is 26.8 Å². The molecule has 1 fully saturated rings. The first-order valence-electron chi connectivity index (χ1n) is 15.0. The van der Waals surface area contributed by atoms with Gasteiger partial charge in [0, 0.05) is 58.9 Å². The number of rotatable bonds is 6. The Morgan fingerprint density at radius 1 is 1.05 bits per heavy atom. The van der Waals surface area contributed by atoms with Gasteiger partial charge < -0.3 is 20.3 Å². The zero-order chi connectivity index (χ0) is 31.4. The van der Waals surface area contributed by atoms with Crippen LogP contribution in [0.15, 0.2) is 119 Å². The van der Waals surface area contributed by atoms with Crippen LogP contribution in [0.5, 0.6) is 0 Å². The van der Waals surface area contributed by atoms with Crippen LogP contribution in [-0.2, 0) is 14.3 Å². The van der Waals surface area contributed by atoms with Gasteiger partial charge in [0.1, 0.15) is 5.76 Å². The highest BCUT2D eigenvalue weighted by Crippen LogP contribution is 2.46. The molecule has 2 atom stereocenters. The number of carbonyl (C=O) groups is 2. The lowest BCUT2D eigenvalue weighted by molar-refractivity contribution is -0.141. The predicted molar refractivity (Wildman–Crippen MR) is 170 cm³/mol. The van der Waals surface area contributed by atoms with E-state index in [0.29, 0.717) is 18.5 Å². The average Bonchev–Trinajstić information content (AvgIpc) is 3.73. The second-order valence-electron chi connectivity index (χ2n) is 11.8. The van der Waals surface area contributed by atoms with E-state index in [2.05, 4.69) is 19.2 Å². The van der Waals surface area contributed by atoms with Gasteiger partial charge in [-0.15, -0.1) is 0 Å². The largest absolute Gasteiger partial charge is 0.511 e.